The van der Waals surface area contributed by atoms with E-state index in [1.54, 1.807) is 38.1 Å². The Morgan fingerprint density at radius 2 is 2.00 bits per heavy atom. The van der Waals surface area contributed by atoms with Crippen molar-refractivity contribution in [3.8, 4) is 5.75 Å². The van der Waals surface area contributed by atoms with Crippen molar-refractivity contribution < 1.29 is 24.2 Å². The van der Waals surface area contributed by atoms with Gasteiger partial charge in [0.05, 0.1) is 12.0 Å². The summed E-state index contributed by atoms with van der Waals surface area (Å²) in [6.07, 6.45) is 0. The van der Waals surface area contributed by atoms with E-state index in [4.69, 9.17) is 4.74 Å². The minimum atomic E-state index is -1.28. The van der Waals surface area contributed by atoms with E-state index in [2.05, 4.69) is 5.32 Å². The van der Waals surface area contributed by atoms with Gasteiger partial charge in [0.15, 0.2) is 6.61 Å². The number of amides is 2. The Balaban J connectivity index is 1.59. The molecule has 0 saturated carbocycles. The van der Waals surface area contributed by atoms with Crippen LogP contribution in [0.4, 0.5) is 0 Å². The van der Waals surface area contributed by atoms with Crippen LogP contribution in [0.1, 0.15) is 13.8 Å². The van der Waals surface area contributed by atoms with Crippen molar-refractivity contribution in [1.29, 1.82) is 0 Å². The summed E-state index contributed by atoms with van der Waals surface area (Å²) in [7, 11) is 0. The summed E-state index contributed by atoms with van der Waals surface area (Å²) >= 11 is 1.35. The van der Waals surface area contributed by atoms with E-state index in [9.17, 15) is 19.5 Å². The first-order valence-corrected chi connectivity index (χ1v) is 8.37. The first-order chi connectivity index (χ1) is 11.3. The third-order valence-electron chi connectivity index (χ3n) is 4.09. The van der Waals surface area contributed by atoms with Crippen molar-refractivity contribution in [1.82, 2.24) is 10.2 Å². The van der Waals surface area contributed by atoms with Crippen molar-refractivity contribution in [3.05, 3.63) is 30.3 Å². The number of nitrogens with one attached hydrogen (secondary N) is 1. The number of aliphatic carboxylic acids is 1. The summed E-state index contributed by atoms with van der Waals surface area (Å²) in [4.78, 5) is 36.8. The molecule has 3 atom stereocenters. The molecule has 8 heteroatoms. The van der Waals surface area contributed by atoms with Gasteiger partial charge in [0.25, 0.3) is 5.91 Å². The SMILES string of the molecule is CC1(C)S[C@H]2[C@H](NC(=O)COc3ccccc3)C(=O)N2[C@H]1C(=O)[O-]. The van der Waals surface area contributed by atoms with Gasteiger partial charge in [0.1, 0.15) is 17.2 Å². The minimum absolute atomic E-state index is 0.210. The lowest BCUT2D eigenvalue weighted by atomic mass is 9.96. The van der Waals surface area contributed by atoms with Gasteiger partial charge in [-0.15, -0.1) is 11.8 Å². The normalized spacial score (nSPS) is 27.2. The molecule has 1 N–H and O–H groups in total. The fourth-order valence-corrected chi connectivity index (χ4v) is 4.63. The number of carbonyl (C=O) groups excluding carboxylic acids is 3. The Kier molecular flexibility index (Phi) is 4.16. The molecule has 1 aromatic carbocycles. The van der Waals surface area contributed by atoms with Crippen LogP contribution in [0.5, 0.6) is 5.75 Å². The molecule has 7 nitrogen and oxygen atoms in total. The van der Waals surface area contributed by atoms with Gasteiger partial charge in [0.2, 0.25) is 5.91 Å². The summed E-state index contributed by atoms with van der Waals surface area (Å²) in [6, 6.07) is 7.14. The van der Waals surface area contributed by atoms with Crippen LogP contribution in [-0.2, 0) is 14.4 Å². The summed E-state index contributed by atoms with van der Waals surface area (Å²) in [5.41, 5.74) is 0. The third kappa shape index (κ3) is 2.82. The van der Waals surface area contributed by atoms with Crippen molar-refractivity contribution in [2.45, 2.75) is 36.1 Å². The Hall–Kier alpha value is -2.22. The zero-order valence-corrected chi connectivity index (χ0v) is 14.0. The van der Waals surface area contributed by atoms with Crippen LogP contribution in [0.25, 0.3) is 0 Å². The molecule has 2 saturated heterocycles. The molecule has 24 heavy (non-hydrogen) atoms. The van der Waals surface area contributed by atoms with Gasteiger partial charge in [-0.25, -0.2) is 0 Å². The Bertz CT molecular complexity index is 678. The second-order valence-corrected chi connectivity index (χ2v) is 8.00. The number of nitrogens with zero attached hydrogens (tertiary/aromatic N) is 1. The van der Waals surface area contributed by atoms with E-state index < -0.39 is 40.0 Å². The van der Waals surface area contributed by atoms with Crippen LogP contribution >= 0.6 is 11.8 Å². The first kappa shape index (κ1) is 16.6. The number of carboxylic acid groups (broad SMARTS) is 1. The van der Waals surface area contributed by atoms with Gasteiger partial charge in [-0.1, -0.05) is 18.2 Å². The van der Waals surface area contributed by atoms with E-state index >= 15 is 0 Å². The molecular formula is C16H17N2O5S-. The Labute approximate surface area is 143 Å². The first-order valence-electron chi connectivity index (χ1n) is 7.49. The summed E-state index contributed by atoms with van der Waals surface area (Å²) < 4.78 is 4.67. The number of β-lactam (4-membered cyclic amide) rings is 1. The molecule has 128 valence electrons. The molecule has 2 aliphatic heterocycles. The van der Waals surface area contributed by atoms with Crippen molar-refractivity contribution >= 4 is 29.5 Å². The topological polar surface area (TPSA) is 98.8 Å². The average Bonchev–Trinajstić information content (AvgIpc) is 2.80. The number of thioether (sulfide) groups is 1. The molecule has 2 heterocycles. The molecule has 2 aliphatic rings. The van der Waals surface area contributed by atoms with E-state index in [0.717, 1.165) is 0 Å². The highest BCUT2D eigenvalue weighted by Gasteiger charge is 2.62. The molecule has 0 aromatic heterocycles. The zero-order valence-electron chi connectivity index (χ0n) is 13.2. The maximum absolute atomic E-state index is 12.2. The molecule has 0 radical (unpaired) electrons. The van der Waals surface area contributed by atoms with E-state index in [1.165, 1.54) is 16.7 Å². The highest BCUT2D eigenvalue weighted by Crippen LogP contribution is 2.50. The Morgan fingerprint density at radius 1 is 1.33 bits per heavy atom. The third-order valence-corrected chi connectivity index (χ3v) is 5.67. The Morgan fingerprint density at radius 3 is 2.62 bits per heavy atom. The molecular weight excluding hydrogens is 332 g/mol. The molecule has 1 aromatic rings. The number of hydrogen-bond acceptors (Lipinski definition) is 6. The fourth-order valence-electron chi connectivity index (χ4n) is 3.01. The maximum atomic E-state index is 12.2. The number of carboxylic acids is 1. The predicted octanol–water partition coefficient (Wildman–Crippen LogP) is -0.638. The molecule has 0 aliphatic carbocycles. The number of rotatable bonds is 5. The van der Waals surface area contributed by atoms with E-state index in [0.29, 0.717) is 5.75 Å². The van der Waals surface area contributed by atoms with Gasteiger partial charge in [-0.2, -0.15) is 0 Å². The lowest BCUT2D eigenvalue weighted by Crippen LogP contribution is -2.71. The summed E-state index contributed by atoms with van der Waals surface area (Å²) in [5.74, 6) is -1.55. The fraction of sp³-hybridized carbons (Fsp3) is 0.438. The second kappa shape index (κ2) is 6.01. The molecule has 0 bridgehead atoms. The van der Waals surface area contributed by atoms with Crippen molar-refractivity contribution in [2.24, 2.45) is 0 Å². The number of ether oxygens (including phenoxy) is 1. The minimum Gasteiger partial charge on any atom is -0.548 e. The van der Waals surface area contributed by atoms with Crippen LogP contribution in [-0.4, -0.2) is 51.5 Å². The molecule has 2 fully saturated rings. The lowest BCUT2D eigenvalue weighted by molar-refractivity contribution is -0.312. The van der Waals surface area contributed by atoms with E-state index in [1.807, 2.05) is 6.07 Å². The van der Waals surface area contributed by atoms with Gasteiger partial charge < -0.3 is 24.9 Å². The van der Waals surface area contributed by atoms with Gasteiger partial charge in [-0.05, 0) is 26.0 Å². The maximum Gasteiger partial charge on any atom is 0.258 e. The van der Waals surface area contributed by atoms with E-state index in [-0.39, 0.29) is 6.61 Å². The molecule has 0 spiro atoms. The number of fused-ring (bicyclic) bond motifs is 1. The highest BCUT2D eigenvalue weighted by molar-refractivity contribution is 8.01. The van der Waals surface area contributed by atoms with Crippen molar-refractivity contribution in [3.63, 3.8) is 0 Å². The monoisotopic (exact) mass is 349 g/mol. The average molecular weight is 349 g/mol. The van der Waals surface area contributed by atoms with Gasteiger partial charge in [-0.3, -0.25) is 9.59 Å². The van der Waals surface area contributed by atoms with Crippen LogP contribution in [0.2, 0.25) is 0 Å². The van der Waals surface area contributed by atoms with Crippen LogP contribution in [0, 0.1) is 0 Å². The van der Waals surface area contributed by atoms with Crippen molar-refractivity contribution in [2.75, 3.05) is 6.61 Å². The standard InChI is InChI=1S/C16H18N2O5S/c1-16(2)12(15(21)22)18-13(20)11(14(18)24-16)17-10(19)8-23-9-6-4-3-5-7-9/h3-7,11-12,14H,8H2,1-2H3,(H,17,19)(H,21,22)/p-1/t11-,12+,14+/m1/s1. The van der Waals surface area contributed by atoms with Gasteiger partial charge in [0, 0.05) is 4.75 Å². The lowest BCUT2D eigenvalue weighted by Gasteiger charge is -2.45. The summed E-state index contributed by atoms with van der Waals surface area (Å²) in [5, 5.41) is 13.5. The predicted molar refractivity (Wildman–Crippen MR) is 85.0 cm³/mol. The smallest absolute Gasteiger partial charge is 0.258 e. The van der Waals surface area contributed by atoms with Crippen LogP contribution < -0.4 is 15.2 Å². The highest BCUT2D eigenvalue weighted by atomic mass is 32.2. The molecule has 3 rings (SSSR count). The second-order valence-electron chi connectivity index (χ2n) is 6.23. The van der Waals surface area contributed by atoms with Crippen LogP contribution in [0.15, 0.2) is 30.3 Å². The number of para-hydroxylation sites is 1. The van der Waals surface area contributed by atoms with Gasteiger partial charge >= 0.3 is 0 Å². The van der Waals surface area contributed by atoms with Crippen LogP contribution in [0.3, 0.4) is 0 Å². The molecule has 2 amide bonds. The quantitative estimate of drug-likeness (QED) is 0.710. The summed E-state index contributed by atoms with van der Waals surface area (Å²) in [6.45, 7) is 3.29. The number of carbonyl (C=O) groups is 3. The number of hydrogen-bond donors (Lipinski definition) is 1. The largest absolute Gasteiger partial charge is 0.548 e. The number of benzene rings is 1. The molecule has 0 unspecified atom stereocenters. The zero-order chi connectivity index (χ0) is 17.5.